The Labute approximate surface area is 188 Å². The van der Waals surface area contributed by atoms with Crippen LogP contribution in [0.5, 0.6) is 11.5 Å². The van der Waals surface area contributed by atoms with E-state index < -0.39 is 0 Å². The standard InChI is InChI=1S/C20H28N6O2.HI/c1-4-19-25-24-14-26(19)10-9-21-20(22-11-15(2)3)23-12-16-13-27-17-7-5-6-8-18(17)28-16;/h5-8,14,16H,2,4,9-13H2,1,3H3,(H2,21,22,23);1H. The van der Waals surface area contributed by atoms with Crippen molar-refractivity contribution in [2.24, 2.45) is 4.99 Å². The molecule has 1 aromatic heterocycles. The molecule has 2 N–H and O–H groups in total. The molecule has 2 heterocycles. The second-order valence-electron chi connectivity index (χ2n) is 6.72. The number of hydrogen-bond acceptors (Lipinski definition) is 5. The van der Waals surface area contributed by atoms with Crippen molar-refractivity contribution in [1.29, 1.82) is 0 Å². The number of nitrogens with one attached hydrogen (secondary N) is 2. The van der Waals surface area contributed by atoms with Gasteiger partial charge in [0, 0.05) is 19.5 Å². The van der Waals surface area contributed by atoms with Crippen LogP contribution in [0.15, 0.2) is 47.7 Å². The zero-order chi connectivity index (χ0) is 19.8. The number of aromatic nitrogens is 3. The van der Waals surface area contributed by atoms with Gasteiger partial charge in [0.1, 0.15) is 24.9 Å². The first-order valence-corrected chi connectivity index (χ1v) is 9.57. The largest absolute Gasteiger partial charge is 0.486 e. The molecule has 3 rings (SSSR count). The molecular weight excluding hydrogens is 483 g/mol. The van der Waals surface area contributed by atoms with Crippen LogP contribution in [0.4, 0.5) is 0 Å². The number of halogens is 1. The zero-order valence-corrected chi connectivity index (χ0v) is 19.3. The summed E-state index contributed by atoms with van der Waals surface area (Å²) in [6, 6.07) is 7.71. The molecule has 8 nitrogen and oxygen atoms in total. The monoisotopic (exact) mass is 512 g/mol. The Kier molecular flexibility index (Phi) is 9.23. The third-order valence-electron chi connectivity index (χ3n) is 4.23. The van der Waals surface area contributed by atoms with E-state index in [9.17, 15) is 0 Å². The van der Waals surface area contributed by atoms with Gasteiger partial charge in [0.05, 0.1) is 13.1 Å². The van der Waals surface area contributed by atoms with E-state index in [1.165, 1.54) is 0 Å². The lowest BCUT2D eigenvalue weighted by Crippen LogP contribution is -2.46. The molecule has 0 bridgehead atoms. The van der Waals surface area contributed by atoms with E-state index in [0.717, 1.165) is 41.8 Å². The van der Waals surface area contributed by atoms with Crippen molar-refractivity contribution in [3.8, 4) is 11.5 Å². The van der Waals surface area contributed by atoms with Crippen molar-refractivity contribution in [3.05, 3.63) is 48.6 Å². The van der Waals surface area contributed by atoms with Gasteiger partial charge in [-0.2, -0.15) is 0 Å². The molecule has 29 heavy (non-hydrogen) atoms. The number of guanidine groups is 1. The number of fused-ring (bicyclic) bond motifs is 1. The van der Waals surface area contributed by atoms with Gasteiger partial charge in [0.25, 0.3) is 0 Å². The number of para-hydroxylation sites is 2. The van der Waals surface area contributed by atoms with Crippen LogP contribution in [-0.2, 0) is 13.0 Å². The summed E-state index contributed by atoms with van der Waals surface area (Å²) < 4.78 is 13.8. The number of benzene rings is 1. The van der Waals surface area contributed by atoms with Gasteiger partial charge in [-0.25, -0.2) is 4.99 Å². The molecule has 9 heteroatoms. The van der Waals surface area contributed by atoms with E-state index in [0.29, 0.717) is 26.2 Å². The average molecular weight is 512 g/mol. The van der Waals surface area contributed by atoms with Crippen LogP contribution in [0.3, 0.4) is 0 Å². The topological polar surface area (TPSA) is 85.6 Å². The number of aliphatic imine (C=N–C) groups is 1. The molecule has 2 aromatic rings. The highest BCUT2D eigenvalue weighted by molar-refractivity contribution is 14.0. The first-order chi connectivity index (χ1) is 13.7. The smallest absolute Gasteiger partial charge is 0.191 e. The average Bonchev–Trinajstić information content (AvgIpc) is 3.16. The molecule has 0 saturated heterocycles. The Bertz CT molecular complexity index is 823. The SMILES string of the molecule is C=C(C)CN=C(NCCn1cnnc1CC)NCC1COc2ccccc2O1.I. The minimum atomic E-state index is -0.0868. The minimum absolute atomic E-state index is 0. The number of hydrogen-bond donors (Lipinski definition) is 2. The molecule has 1 aliphatic rings. The maximum absolute atomic E-state index is 5.99. The molecule has 0 saturated carbocycles. The fraction of sp³-hybridized carbons (Fsp3) is 0.450. The van der Waals surface area contributed by atoms with Gasteiger partial charge < -0.3 is 24.7 Å². The van der Waals surface area contributed by atoms with Crippen LogP contribution in [0.25, 0.3) is 0 Å². The Morgan fingerprint density at radius 2 is 2.10 bits per heavy atom. The maximum Gasteiger partial charge on any atom is 0.191 e. The second kappa shape index (κ2) is 11.6. The Morgan fingerprint density at radius 3 is 2.86 bits per heavy atom. The van der Waals surface area contributed by atoms with Gasteiger partial charge in [-0.3, -0.25) is 0 Å². The maximum atomic E-state index is 5.99. The van der Waals surface area contributed by atoms with Crippen molar-refractivity contribution >= 4 is 29.9 Å². The normalized spacial score (nSPS) is 15.4. The summed E-state index contributed by atoms with van der Waals surface area (Å²) in [6.07, 6.45) is 2.52. The van der Waals surface area contributed by atoms with Crippen molar-refractivity contribution in [2.75, 3.05) is 26.2 Å². The zero-order valence-electron chi connectivity index (χ0n) is 16.9. The molecule has 1 atom stereocenters. The molecule has 0 amide bonds. The lowest BCUT2D eigenvalue weighted by atomic mass is 10.2. The van der Waals surface area contributed by atoms with E-state index >= 15 is 0 Å². The third kappa shape index (κ3) is 6.91. The molecular formula is C20H29IN6O2. The van der Waals surface area contributed by atoms with Gasteiger partial charge in [0.2, 0.25) is 0 Å². The minimum Gasteiger partial charge on any atom is -0.486 e. The van der Waals surface area contributed by atoms with Crippen LogP contribution in [0.2, 0.25) is 0 Å². The van der Waals surface area contributed by atoms with E-state index in [-0.39, 0.29) is 30.1 Å². The van der Waals surface area contributed by atoms with Crippen LogP contribution in [-0.4, -0.2) is 53.1 Å². The summed E-state index contributed by atoms with van der Waals surface area (Å²) in [6.45, 7) is 11.1. The number of aryl methyl sites for hydroxylation is 1. The fourth-order valence-electron chi connectivity index (χ4n) is 2.80. The third-order valence-corrected chi connectivity index (χ3v) is 4.23. The second-order valence-corrected chi connectivity index (χ2v) is 6.72. The molecule has 0 fully saturated rings. The van der Waals surface area contributed by atoms with E-state index in [1.54, 1.807) is 6.33 Å². The van der Waals surface area contributed by atoms with Gasteiger partial charge >= 0.3 is 0 Å². The molecule has 1 unspecified atom stereocenters. The Morgan fingerprint density at radius 1 is 1.31 bits per heavy atom. The van der Waals surface area contributed by atoms with Gasteiger partial charge in [-0.1, -0.05) is 31.2 Å². The molecule has 1 aliphatic heterocycles. The van der Waals surface area contributed by atoms with Gasteiger partial charge in [0.15, 0.2) is 17.5 Å². The number of nitrogens with zero attached hydrogens (tertiary/aromatic N) is 4. The molecule has 0 aliphatic carbocycles. The number of rotatable bonds is 8. The summed E-state index contributed by atoms with van der Waals surface area (Å²) in [5.41, 5.74) is 0.999. The highest BCUT2D eigenvalue weighted by Gasteiger charge is 2.20. The predicted octanol–water partition coefficient (Wildman–Crippen LogP) is 2.41. The molecule has 0 spiro atoms. The highest BCUT2D eigenvalue weighted by Crippen LogP contribution is 2.30. The molecule has 1 aromatic carbocycles. The van der Waals surface area contributed by atoms with Crippen LogP contribution in [0.1, 0.15) is 19.7 Å². The van der Waals surface area contributed by atoms with Crippen molar-refractivity contribution in [1.82, 2.24) is 25.4 Å². The first kappa shape index (κ1) is 23.0. The predicted molar refractivity (Wildman–Crippen MR) is 124 cm³/mol. The summed E-state index contributed by atoms with van der Waals surface area (Å²) in [4.78, 5) is 4.57. The quantitative estimate of drug-likeness (QED) is 0.245. The highest BCUT2D eigenvalue weighted by atomic mass is 127. The lowest BCUT2D eigenvalue weighted by molar-refractivity contribution is 0.0936. The molecule has 0 radical (unpaired) electrons. The summed E-state index contributed by atoms with van der Waals surface area (Å²) in [7, 11) is 0. The molecule has 158 valence electrons. The van der Waals surface area contributed by atoms with E-state index in [1.807, 2.05) is 35.8 Å². The van der Waals surface area contributed by atoms with Gasteiger partial charge in [-0.15, -0.1) is 34.2 Å². The van der Waals surface area contributed by atoms with Crippen molar-refractivity contribution < 1.29 is 9.47 Å². The fourth-order valence-corrected chi connectivity index (χ4v) is 2.80. The Balaban J connectivity index is 0.00000300. The number of ether oxygens (including phenoxy) is 2. The van der Waals surface area contributed by atoms with Crippen molar-refractivity contribution in [2.45, 2.75) is 32.9 Å². The summed E-state index contributed by atoms with van der Waals surface area (Å²) in [5.74, 6) is 3.25. The first-order valence-electron chi connectivity index (χ1n) is 9.57. The Hall–Kier alpha value is -2.30. The van der Waals surface area contributed by atoms with E-state index in [4.69, 9.17) is 9.47 Å². The van der Waals surface area contributed by atoms with E-state index in [2.05, 4.69) is 39.3 Å². The summed E-state index contributed by atoms with van der Waals surface area (Å²) >= 11 is 0. The van der Waals surface area contributed by atoms with Crippen LogP contribution >= 0.6 is 24.0 Å². The summed E-state index contributed by atoms with van der Waals surface area (Å²) in [5, 5.41) is 14.8. The van der Waals surface area contributed by atoms with Crippen LogP contribution < -0.4 is 20.1 Å². The lowest BCUT2D eigenvalue weighted by Gasteiger charge is -2.27. The van der Waals surface area contributed by atoms with Crippen LogP contribution in [0, 0.1) is 0 Å². The van der Waals surface area contributed by atoms with Crippen molar-refractivity contribution in [3.63, 3.8) is 0 Å². The van der Waals surface area contributed by atoms with Gasteiger partial charge in [-0.05, 0) is 19.1 Å².